The van der Waals surface area contributed by atoms with E-state index in [9.17, 15) is 9.59 Å². The number of fused-ring (bicyclic) bond motifs is 3. The molecule has 94 valence electrons. The third-order valence-corrected chi connectivity index (χ3v) is 3.23. The number of ether oxygens (including phenoxy) is 1. The Kier molecular flexibility index (Phi) is 2.09. The van der Waals surface area contributed by atoms with E-state index in [0.717, 1.165) is 11.1 Å². The minimum Gasteiger partial charge on any atom is -0.444 e. The molecule has 0 aromatic heterocycles. The zero-order chi connectivity index (χ0) is 13.1. The molecule has 1 amide bonds. The van der Waals surface area contributed by atoms with Gasteiger partial charge in [-0.2, -0.15) is 0 Å². The fraction of sp³-hybridized carbons (Fsp3) is 0.429. The second-order valence-electron chi connectivity index (χ2n) is 5.73. The van der Waals surface area contributed by atoms with Gasteiger partial charge in [-0.25, -0.2) is 4.79 Å². The number of amides is 1. The fourth-order valence-electron chi connectivity index (χ4n) is 2.50. The Balaban J connectivity index is 1.83. The highest BCUT2D eigenvalue weighted by molar-refractivity contribution is 6.10. The number of nitrogens with zero attached hydrogens (tertiary/aromatic N) is 1. The van der Waals surface area contributed by atoms with Gasteiger partial charge in [-0.3, -0.25) is 9.69 Å². The van der Waals surface area contributed by atoms with E-state index in [1.807, 2.05) is 45.0 Å². The van der Waals surface area contributed by atoms with Crippen LogP contribution in [0.3, 0.4) is 0 Å². The maximum atomic E-state index is 12.1. The molecule has 1 heterocycles. The Labute approximate surface area is 106 Å². The summed E-state index contributed by atoms with van der Waals surface area (Å²) in [6.07, 6.45) is -0.402. The molecular formula is C14H15NO3. The third kappa shape index (κ3) is 1.52. The summed E-state index contributed by atoms with van der Waals surface area (Å²) in [5, 5.41) is 0. The van der Waals surface area contributed by atoms with Crippen molar-refractivity contribution in [2.45, 2.75) is 38.5 Å². The van der Waals surface area contributed by atoms with Gasteiger partial charge in [-0.05, 0) is 26.3 Å². The largest absolute Gasteiger partial charge is 0.444 e. The Morgan fingerprint density at radius 3 is 2.56 bits per heavy atom. The van der Waals surface area contributed by atoms with Crippen LogP contribution in [0.25, 0.3) is 0 Å². The standard InChI is InChI=1S/C14H15NO3/c1-14(2,3)18-13(17)15-10-8-6-4-5-7-9(8)12(16)11(10)15/h4-7,10-11H,1-3H3/t10-,11-,15?/m0/s1. The Hall–Kier alpha value is -1.84. The van der Waals surface area contributed by atoms with Crippen molar-refractivity contribution >= 4 is 11.9 Å². The average Bonchev–Trinajstić information content (AvgIpc) is 2.94. The van der Waals surface area contributed by atoms with Crippen molar-refractivity contribution in [3.05, 3.63) is 35.4 Å². The van der Waals surface area contributed by atoms with E-state index in [4.69, 9.17) is 4.74 Å². The summed E-state index contributed by atoms with van der Waals surface area (Å²) in [6.45, 7) is 5.46. The average molecular weight is 245 g/mol. The summed E-state index contributed by atoms with van der Waals surface area (Å²) in [5.74, 6) is 0.0291. The van der Waals surface area contributed by atoms with Gasteiger partial charge in [-0.15, -0.1) is 0 Å². The molecule has 0 saturated carbocycles. The van der Waals surface area contributed by atoms with E-state index in [0.29, 0.717) is 0 Å². The molecule has 0 N–H and O–H groups in total. The van der Waals surface area contributed by atoms with E-state index in [-0.39, 0.29) is 17.9 Å². The summed E-state index contributed by atoms with van der Waals surface area (Å²) in [6, 6.07) is 7.01. The molecular weight excluding hydrogens is 230 g/mol. The lowest BCUT2D eigenvalue weighted by Gasteiger charge is -2.21. The Morgan fingerprint density at radius 1 is 1.22 bits per heavy atom. The quantitative estimate of drug-likeness (QED) is 0.660. The van der Waals surface area contributed by atoms with E-state index in [2.05, 4.69) is 0 Å². The predicted octanol–water partition coefficient (Wildman–Crippen LogP) is 2.54. The van der Waals surface area contributed by atoms with E-state index >= 15 is 0 Å². The number of carbonyl (C=O) groups excluding carboxylic acids is 2. The van der Waals surface area contributed by atoms with E-state index in [1.165, 1.54) is 4.90 Å². The summed E-state index contributed by atoms with van der Waals surface area (Å²) >= 11 is 0. The maximum Gasteiger partial charge on any atom is 0.411 e. The van der Waals surface area contributed by atoms with E-state index in [1.54, 1.807) is 0 Å². The van der Waals surface area contributed by atoms with Crippen LogP contribution in [0.2, 0.25) is 0 Å². The first-order valence-electron chi connectivity index (χ1n) is 6.04. The van der Waals surface area contributed by atoms with Crippen LogP contribution in [0.1, 0.15) is 42.7 Å². The van der Waals surface area contributed by atoms with Gasteiger partial charge in [0.1, 0.15) is 11.6 Å². The molecule has 1 saturated heterocycles. The number of ketones is 1. The molecule has 2 atom stereocenters. The first kappa shape index (κ1) is 11.3. The molecule has 0 bridgehead atoms. The van der Waals surface area contributed by atoms with Crippen molar-refractivity contribution in [1.29, 1.82) is 0 Å². The van der Waals surface area contributed by atoms with Crippen LogP contribution in [-0.4, -0.2) is 28.4 Å². The zero-order valence-corrected chi connectivity index (χ0v) is 10.6. The number of hydrogen-bond acceptors (Lipinski definition) is 3. The van der Waals surface area contributed by atoms with Crippen LogP contribution in [0.4, 0.5) is 4.79 Å². The lowest BCUT2D eigenvalue weighted by atomic mass is 10.1. The highest BCUT2D eigenvalue weighted by atomic mass is 16.6. The van der Waals surface area contributed by atoms with Crippen molar-refractivity contribution in [3.63, 3.8) is 0 Å². The van der Waals surface area contributed by atoms with Gasteiger partial charge in [-0.1, -0.05) is 24.3 Å². The second kappa shape index (κ2) is 3.34. The smallest absolute Gasteiger partial charge is 0.411 e. The predicted molar refractivity (Wildman–Crippen MR) is 65.4 cm³/mol. The number of benzene rings is 1. The van der Waals surface area contributed by atoms with Gasteiger partial charge in [0.25, 0.3) is 0 Å². The lowest BCUT2D eigenvalue weighted by molar-refractivity contribution is 0.0384. The van der Waals surface area contributed by atoms with Gasteiger partial charge >= 0.3 is 6.09 Å². The van der Waals surface area contributed by atoms with Crippen LogP contribution in [-0.2, 0) is 4.74 Å². The molecule has 1 aliphatic carbocycles. The molecule has 18 heavy (non-hydrogen) atoms. The van der Waals surface area contributed by atoms with Crippen molar-refractivity contribution < 1.29 is 14.3 Å². The summed E-state index contributed by atoms with van der Waals surface area (Å²) < 4.78 is 5.30. The first-order chi connectivity index (χ1) is 8.40. The molecule has 1 fully saturated rings. The molecule has 0 spiro atoms. The molecule has 4 heteroatoms. The fourth-order valence-corrected chi connectivity index (χ4v) is 2.50. The maximum absolute atomic E-state index is 12.1. The minimum atomic E-state index is -0.531. The Morgan fingerprint density at radius 2 is 1.89 bits per heavy atom. The highest BCUT2D eigenvalue weighted by Gasteiger charge is 2.62. The second-order valence-corrected chi connectivity index (χ2v) is 5.73. The van der Waals surface area contributed by atoms with Crippen LogP contribution >= 0.6 is 0 Å². The number of Topliss-reactive ketones (excluding diaryl/α,β-unsaturated/α-hetero) is 1. The zero-order valence-electron chi connectivity index (χ0n) is 10.6. The third-order valence-electron chi connectivity index (χ3n) is 3.23. The van der Waals surface area contributed by atoms with Crippen molar-refractivity contribution in [2.75, 3.05) is 0 Å². The highest BCUT2D eigenvalue weighted by Crippen LogP contribution is 2.52. The summed E-state index contributed by atoms with van der Waals surface area (Å²) in [7, 11) is 0. The lowest BCUT2D eigenvalue weighted by Crippen LogP contribution is -2.30. The number of carbonyl (C=O) groups is 2. The van der Waals surface area contributed by atoms with Gasteiger partial charge in [0.05, 0.1) is 6.04 Å². The van der Waals surface area contributed by atoms with Crippen LogP contribution in [0.15, 0.2) is 24.3 Å². The monoisotopic (exact) mass is 245 g/mol. The molecule has 1 aliphatic heterocycles. The normalized spacial score (nSPS) is 24.6. The number of hydrogen-bond donors (Lipinski definition) is 0. The molecule has 4 nitrogen and oxygen atoms in total. The van der Waals surface area contributed by atoms with Crippen molar-refractivity contribution in [3.8, 4) is 0 Å². The van der Waals surface area contributed by atoms with Crippen LogP contribution in [0.5, 0.6) is 0 Å². The molecule has 1 aromatic rings. The molecule has 1 aromatic carbocycles. The first-order valence-corrected chi connectivity index (χ1v) is 6.04. The molecule has 0 radical (unpaired) electrons. The molecule has 2 aliphatic rings. The Bertz CT molecular complexity index is 544. The van der Waals surface area contributed by atoms with Crippen molar-refractivity contribution in [1.82, 2.24) is 4.90 Å². The van der Waals surface area contributed by atoms with E-state index < -0.39 is 11.7 Å². The number of rotatable bonds is 0. The van der Waals surface area contributed by atoms with Gasteiger partial charge in [0.15, 0.2) is 5.78 Å². The summed E-state index contributed by atoms with van der Waals surface area (Å²) in [4.78, 5) is 25.5. The topological polar surface area (TPSA) is 46.4 Å². The molecule has 3 rings (SSSR count). The van der Waals surface area contributed by atoms with Gasteiger partial charge < -0.3 is 4.74 Å². The summed E-state index contributed by atoms with van der Waals surface area (Å²) in [5.41, 5.74) is 1.15. The van der Waals surface area contributed by atoms with Crippen LogP contribution in [0, 0.1) is 0 Å². The van der Waals surface area contributed by atoms with Gasteiger partial charge in [0, 0.05) is 5.56 Å². The van der Waals surface area contributed by atoms with Crippen molar-refractivity contribution in [2.24, 2.45) is 0 Å². The minimum absolute atomic E-state index is 0.0291. The van der Waals surface area contributed by atoms with Crippen LogP contribution < -0.4 is 0 Å². The SMILES string of the molecule is CC(C)(C)OC(=O)N1[C@@H]2C(=O)c3ccccc3[C@@H]21. The van der Waals surface area contributed by atoms with Gasteiger partial charge in [0.2, 0.25) is 0 Å². The molecule has 0 unspecified atom stereocenters.